The van der Waals surface area contributed by atoms with E-state index in [0.29, 0.717) is 18.0 Å². The van der Waals surface area contributed by atoms with E-state index in [0.717, 1.165) is 10.5 Å². The number of halogens is 1. The number of thioether (sulfide) groups is 1. The van der Waals surface area contributed by atoms with E-state index in [2.05, 4.69) is 5.32 Å². The number of likely N-dealkylation sites (N-methyl/N-ethyl adjacent to an activating group) is 1. The Morgan fingerprint density at radius 3 is 2.30 bits per heavy atom. The van der Waals surface area contributed by atoms with Crippen molar-refractivity contribution in [2.45, 2.75) is 37.8 Å². The van der Waals surface area contributed by atoms with Crippen LogP contribution in [0.15, 0.2) is 53.4 Å². The maximum atomic E-state index is 13.0. The molecule has 4 nitrogen and oxygen atoms in total. The standard InChI is InChI=1S/C21H25ClN2O2S/c1-4-19(21(26)23-3)24(13-16-7-9-17(22)10-8-16)20(25)14-27-18-11-5-15(2)6-12-18/h5-12,19H,4,13-14H2,1-3H3,(H,23,26). The Bertz CT molecular complexity index is 763. The molecule has 27 heavy (non-hydrogen) atoms. The van der Waals surface area contributed by atoms with E-state index in [9.17, 15) is 9.59 Å². The first-order valence-corrected chi connectivity index (χ1v) is 10.3. The minimum absolute atomic E-state index is 0.0639. The van der Waals surface area contributed by atoms with Gasteiger partial charge in [0.2, 0.25) is 11.8 Å². The summed E-state index contributed by atoms with van der Waals surface area (Å²) in [6, 6.07) is 14.9. The zero-order chi connectivity index (χ0) is 19.8. The lowest BCUT2D eigenvalue weighted by Crippen LogP contribution is -2.48. The van der Waals surface area contributed by atoms with Crippen molar-refractivity contribution in [1.82, 2.24) is 10.2 Å². The van der Waals surface area contributed by atoms with Crippen molar-refractivity contribution in [2.75, 3.05) is 12.8 Å². The summed E-state index contributed by atoms with van der Waals surface area (Å²) in [5.74, 6) is 0.0653. The van der Waals surface area contributed by atoms with E-state index in [-0.39, 0.29) is 17.6 Å². The third-order valence-electron chi connectivity index (χ3n) is 4.28. The van der Waals surface area contributed by atoms with Crippen molar-refractivity contribution in [3.63, 3.8) is 0 Å². The second kappa shape index (κ2) is 10.4. The van der Waals surface area contributed by atoms with Gasteiger partial charge in [0.05, 0.1) is 5.75 Å². The van der Waals surface area contributed by atoms with Gasteiger partial charge in [-0.05, 0) is 43.2 Å². The Kier molecular flexibility index (Phi) is 8.20. The molecule has 0 spiro atoms. The molecule has 0 aliphatic heterocycles. The van der Waals surface area contributed by atoms with Gasteiger partial charge in [-0.3, -0.25) is 9.59 Å². The van der Waals surface area contributed by atoms with Crippen molar-refractivity contribution >= 4 is 35.2 Å². The minimum Gasteiger partial charge on any atom is -0.357 e. The van der Waals surface area contributed by atoms with Gasteiger partial charge in [0.1, 0.15) is 6.04 Å². The smallest absolute Gasteiger partial charge is 0.242 e. The Hall–Kier alpha value is -1.98. The molecule has 6 heteroatoms. The summed E-state index contributed by atoms with van der Waals surface area (Å²) in [6.07, 6.45) is 0.550. The summed E-state index contributed by atoms with van der Waals surface area (Å²) in [5.41, 5.74) is 2.12. The highest BCUT2D eigenvalue weighted by atomic mass is 35.5. The van der Waals surface area contributed by atoms with Crippen LogP contribution in [0.5, 0.6) is 0 Å². The normalized spacial score (nSPS) is 11.7. The first-order valence-electron chi connectivity index (χ1n) is 8.89. The van der Waals surface area contributed by atoms with Crippen molar-refractivity contribution in [1.29, 1.82) is 0 Å². The molecule has 2 rings (SSSR count). The van der Waals surface area contributed by atoms with E-state index in [1.807, 2.05) is 50.2 Å². The Labute approximate surface area is 170 Å². The van der Waals surface area contributed by atoms with Crippen LogP contribution in [0.3, 0.4) is 0 Å². The number of hydrogen-bond acceptors (Lipinski definition) is 3. The largest absolute Gasteiger partial charge is 0.357 e. The van der Waals surface area contributed by atoms with Gasteiger partial charge in [0.15, 0.2) is 0 Å². The van der Waals surface area contributed by atoms with Gasteiger partial charge in [-0.2, -0.15) is 0 Å². The molecule has 0 heterocycles. The highest BCUT2D eigenvalue weighted by Gasteiger charge is 2.27. The van der Waals surface area contributed by atoms with Crippen molar-refractivity contribution < 1.29 is 9.59 Å². The molecule has 0 radical (unpaired) electrons. The quantitative estimate of drug-likeness (QED) is 0.667. The molecule has 2 amide bonds. The molecule has 0 fully saturated rings. The number of amides is 2. The third-order valence-corrected chi connectivity index (χ3v) is 5.53. The third kappa shape index (κ3) is 6.29. The van der Waals surface area contributed by atoms with Crippen molar-refractivity contribution in [2.24, 2.45) is 0 Å². The summed E-state index contributed by atoms with van der Waals surface area (Å²) in [6.45, 7) is 4.31. The van der Waals surface area contributed by atoms with E-state index in [1.54, 1.807) is 24.1 Å². The number of aryl methyl sites for hydroxylation is 1. The van der Waals surface area contributed by atoms with Crippen LogP contribution in [0.25, 0.3) is 0 Å². The van der Waals surface area contributed by atoms with Gasteiger partial charge < -0.3 is 10.2 Å². The molecule has 0 aliphatic rings. The van der Waals surface area contributed by atoms with Crippen LogP contribution in [0.4, 0.5) is 0 Å². The molecule has 0 saturated heterocycles. The lowest BCUT2D eigenvalue weighted by Gasteiger charge is -2.30. The molecule has 0 saturated carbocycles. The average molecular weight is 405 g/mol. The van der Waals surface area contributed by atoms with Crippen LogP contribution in [-0.4, -0.2) is 35.6 Å². The Balaban J connectivity index is 2.15. The first kappa shape index (κ1) is 21.3. The maximum Gasteiger partial charge on any atom is 0.242 e. The summed E-state index contributed by atoms with van der Waals surface area (Å²) in [4.78, 5) is 28.0. The van der Waals surface area contributed by atoms with Crippen LogP contribution >= 0.6 is 23.4 Å². The van der Waals surface area contributed by atoms with Crippen LogP contribution < -0.4 is 5.32 Å². The molecule has 2 aromatic rings. The summed E-state index contributed by atoms with van der Waals surface area (Å²) >= 11 is 7.44. The fraction of sp³-hybridized carbons (Fsp3) is 0.333. The first-order chi connectivity index (χ1) is 12.9. The van der Waals surface area contributed by atoms with Gasteiger partial charge in [-0.1, -0.05) is 48.4 Å². The molecule has 2 aromatic carbocycles. The number of rotatable bonds is 8. The van der Waals surface area contributed by atoms with E-state index in [1.165, 1.54) is 17.3 Å². The minimum atomic E-state index is -0.503. The fourth-order valence-corrected chi connectivity index (χ4v) is 3.65. The predicted molar refractivity (Wildman–Crippen MR) is 112 cm³/mol. The highest BCUT2D eigenvalue weighted by molar-refractivity contribution is 8.00. The van der Waals surface area contributed by atoms with E-state index in [4.69, 9.17) is 11.6 Å². The van der Waals surface area contributed by atoms with Gasteiger partial charge >= 0.3 is 0 Å². The lowest BCUT2D eigenvalue weighted by atomic mass is 10.1. The topological polar surface area (TPSA) is 49.4 Å². The molecule has 0 aromatic heterocycles. The monoisotopic (exact) mass is 404 g/mol. The summed E-state index contributed by atoms with van der Waals surface area (Å²) in [5, 5.41) is 3.31. The summed E-state index contributed by atoms with van der Waals surface area (Å²) in [7, 11) is 1.59. The van der Waals surface area contributed by atoms with Crippen LogP contribution in [0, 0.1) is 6.92 Å². The van der Waals surface area contributed by atoms with Gasteiger partial charge in [0, 0.05) is 23.5 Å². The zero-order valence-electron chi connectivity index (χ0n) is 15.9. The second-order valence-electron chi connectivity index (χ2n) is 6.29. The molecule has 0 bridgehead atoms. The van der Waals surface area contributed by atoms with E-state index >= 15 is 0 Å². The van der Waals surface area contributed by atoms with Crippen molar-refractivity contribution in [3.05, 3.63) is 64.7 Å². The molecular formula is C21H25ClN2O2S. The van der Waals surface area contributed by atoms with Crippen LogP contribution in [0.1, 0.15) is 24.5 Å². The number of benzene rings is 2. The second-order valence-corrected chi connectivity index (χ2v) is 7.77. The molecule has 1 atom stereocenters. The number of carbonyl (C=O) groups excluding carboxylic acids is 2. The predicted octanol–water partition coefficient (Wildman–Crippen LogP) is 4.29. The highest BCUT2D eigenvalue weighted by Crippen LogP contribution is 2.21. The van der Waals surface area contributed by atoms with Crippen molar-refractivity contribution in [3.8, 4) is 0 Å². The molecule has 1 unspecified atom stereocenters. The average Bonchev–Trinajstić information content (AvgIpc) is 2.68. The Morgan fingerprint density at radius 1 is 1.11 bits per heavy atom. The SMILES string of the molecule is CCC(C(=O)NC)N(Cc1ccc(Cl)cc1)C(=O)CSc1ccc(C)cc1. The molecular weight excluding hydrogens is 380 g/mol. The fourth-order valence-electron chi connectivity index (χ4n) is 2.74. The number of nitrogens with zero attached hydrogens (tertiary/aromatic N) is 1. The lowest BCUT2D eigenvalue weighted by molar-refractivity contribution is -0.139. The van der Waals surface area contributed by atoms with Gasteiger partial charge in [0.25, 0.3) is 0 Å². The van der Waals surface area contributed by atoms with Crippen LogP contribution in [0.2, 0.25) is 5.02 Å². The zero-order valence-corrected chi connectivity index (χ0v) is 17.4. The number of nitrogens with one attached hydrogen (secondary N) is 1. The molecule has 0 aliphatic carbocycles. The molecule has 1 N–H and O–H groups in total. The number of carbonyl (C=O) groups is 2. The van der Waals surface area contributed by atoms with E-state index < -0.39 is 6.04 Å². The Morgan fingerprint density at radius 2 is 1.74 bits per heavy atom. The number of hydrogen-bond donors (Lipinski definition) is 1. The molecule has 144 valence electrons. The maximum absolute atomic E-state index is 13.0. The van der Waals surface area contributed by atoms with Gasteiger partial charge in [-0.25, -0.2) is 0 Å². The van der Waals surface area contributed by atoms with Crippen LogP contribution in [-0.2, 0) is 16.1 Å². The van der Waals surface area contributed by atoms with Gasteiger partial charge in [-0.15, -0.1) is 11.8 Å². The summed E-state index contributed by atoms with van der Waals surface area (Å²) < 4.78 is 0.